The fraction of sp³-hybridized carbons (Fsp3) is 0.182. The van der Waals surface area contributed by atoms with Gasteiger partial charge in [0.15, 0.2) is 5.82 Å². The Bertz CT molecular complexity index is 546. The lowest BCUT2D eigenvalue weighted by Crippen LogP contribution is -2.14. The van der Waals surface area contributed by atoms with Crippen LogP contribution in [0.1, 0.15) is 29.0 Å². The number of hydrogen-bond acceptors (Lipinski definition) is 4. The van der Waals surface area contributed by atoms with Crippen molar-refractivity contribution in [3.05, 3.63) is 41.9 Å². The second-order valence-corrected chi connectivity index (χ2v) is 3.71. The average Bonchev–Trinajstić information content (AvgIpc) is 2.78. The van der Waals surface area contributed by atoms with Crippen LogP contribution >= 0.6 is 0 Å². The molecule has 0 radical (unpaired) electrons. The summed E-state index contributed by atoms with van der Waals surface area (Å²) in [5.41, 5.74) is 12.0. The fourth-order valence-corrected chi connectivity index (χ4v) is 1.53. The van der Waals surface area contributed by atoms with E-state index >= 15 is 0 Å². The second kappa shape index (κ2) is 4.34. The molecule has 0 aromatic carbocycles. The number of nitrogens with zero attached hydrogens (tertiary/aromatic N) is 3. The van der Waals surface area contributed by atoms with E-state index in [2.05, 4.69) is 10.1 Å². The second-order valence-electron chi connectivity index (χ2n) is 3.71. The first kappa shape index (κ1) is 11.3. The Morgan fingerprint density at radius 1 is 1.47 bits per heavy atom. The van der Waals surface area contributed by atoms with Gasteiger partial charge < -0.3 is 11.5 Å². The number of pyridine rings is 1. The predicted molar refractivity (Wildman–Crippen MR) is 62.5 cm³/mol. The lowest BCUT2D eigenvalue weighted by atomic mass is 10.1. The first-order valence-corrected chi connectivity index (χ1v) is 5.16. The third-order valence-electron chi connectivity index (χ3n) is 2.37. The molecule has 6 nitrogen and oxygen atoms in total. The summed E-state index contributed by atoms with van der Waals surface area (Å²) in [6, 6.07) is 5.06. The van der Waals surface area contributed by atoms with Crippen LogP contribution in [0.2, 0.25) is 0 Å². The molecule has 2 rings (SSSR count). The summed E-state index contributed by atoms with van der Waals surface area (Å²) in [6.07, 6.45) is 3.28. The zero-order chi connectivity index (χ0) is 12.4. The molecule has 0 bridgehead atoms. The smallest absolute Gasteiger partial charge is 0.269 e. The summed E-state index contributed by atoms with van der Waals surface area (Å²) >= 11 is 0. The maximum Gasteiger partial charge on any atom is 0.269 e. The number of rotatable bonds is 3. The van der Waals surface area contributed by atoms with Crippen molar-refractivity contribution < 1.29 is 4.79 Å². The minimum Gasteiger partial charge on any atom is -0.364 e. The molecule has 1 unspecified atom stereocenters. The molecule has 2 aromatic rings. The van der Waals surface area contributed by atoms with Gasteiger partial charge in [0.05, 0.1) is 0 Å². The topological polar surface area (TPSA) is 99.8 Å². The van der Waals surface area contributed by atoms with Crippen LogP contribution in [0.25, 0.3) is 5.82 Å². The van der Waals surface area contributed by atoms with Gasteiger partial charge in [-0.15, -0.1) is 0 Å². The van der Waals surface area contributed by atoms with Crippen molar-refractivity contribution in [1.82, 2.24) is 14.8 Å². The minimum atomic E-state index is -0.568. The van der Waals surface area contributed by atoms with E-state index in [-0.39, 0.29) is 11.7 Å². The molecule has 0 spiro atoms. The molecule has 0 fully saturated rings. The quantitative estimate of drug-likeness (QED) is 0.797. The molecule has 6 heteroatoms. The van der Waals surface area contributed by atoms with Gasteiger partial charge in [-0.05, 0) is 19.1 Å². The Hall–Kier alpha value is -2.21. The molecule has 1 atom stereocenters. The van der Waals surface area contributed by atoms with E-state index < -0.39 is 5.91 Å². The Labute approximate surface area is 98.3 Å². The molecule has 2 aromatic heterocycles. The SMILES string of the molecule is CC(N)c1cccnc1-n1ccc(C(N)=O)n1. The Morgan fingerprint density at radius 3 is 2.82 bits per heavy atom. The largest absolute Gasteiger partial charge is 0.364 e. The first-order valence-electron chi connectivity index (χ1n) is 5.16. The molecular weight excluding hydrogens is 218 g/mol. The van der Waals surface area contributed by atoms with E-state index in [0.717, 1.165) is 5.56 Å². The lowest BCUT2D eigenvalue weighted by Gasteiger charge is -2.10. The molecule has 1 amide bonds. The highest BCUT2D eigenvalue weighted by Gasteiger charge is 2.12. The molecule has 4 N–H and O–H groups in total. The molecule has 2 heterocycles. The van der Waals surface area contributed by atoms with E-state index in [1.807, 2.05) is 13.0 Å². The summed E-state index contributed by atoms with van der Waals surface area (Å²) in [6.45, 7) is 1.86. The number of primary amides is 1. The van der Waals surface area contributed by atoms with Crippen molar-refractivity contribution >= 4 is 5.91 Å². The molecule has 0 saturated heterocycles. The van der Waals surface area contributed by atoms with Crippen molar-refractivity contribution in [2.45, 2.75) is 13.0 Å². The maximum absolute atomic E-state index is 11.0. The monoisotopic (exact) mass is 231 g/mol. The van der Waals surface area contributed by atoms with Gasteiger partial charge in [-0.3, -0.25) is 4.79 Å². The Morgan fingerprint density at radius 2 is 2.24 bits per heavy atom. The third kappa shape index (κ3) is 2.16. The van der Waals surface area contributed by atoms with Crippen LogP contribution in [-0.2, 0) is 0 Å². The lowest BCUT2D eigenvalue weighted by molar-refractivity contribution is 0.0995. The van der Waals surface area contributed by atoms with E-state index in [1.54, 1.807) is 24.5 Å². The minimum absolute atomic E-state index is 0.167. The zero-order valence-corrected chi connectivity index (χ0v) is 9.37. The molecule has 0 aliphatic rings. The molecule has 0 aliphatic carbocycles. The summed E-state index contributed by atoms with van der Waals surface area (Å²) in [5, 5.41) is 4.05. The predicted octanol–water partition coefficient (Wildman–Crippen LogP) is 0.386. The molecular formula is C11H13N5O. The molecule has 17 heavy (non-hydrogen) atoms. The third-order valence-corrected chi connectivity index (χ3v) is 2.37. The highest BCUT2D eigenvalue weighted by Crippen LogP contribution is 2.16. The number of nitrogens with two attached hydrogens (primary N) is 2. The summed E-state index contributed by atoms with van der Waals surface area (Å²) in [4.78, 5) is 15.2. The van der Waals surface area contributed by atoms with Crippen molar-refractivity contribution in [3.8, 4) is 5.82 Å². The van der Waals surface area contributed by atoms with Crippen LogP contribution in [0.15, 0.2) is 30.6 Å². The highest BCUT2D eigenvalue weighted by molar-refractivity contribution is 5.90. The number of hydrogen-bond donors (Lipinski definition) is 2. The van der Waals surface area contributed by atoms with Gasteiger partial charge in [0.25, 0.3) is 5.91 Å². The van der Waals surface area contributed by atoms with Crippen LogP contribution in [0.4, 0.5) is 0 Å². The Balaban J connectivity index is 2.48. The van der Waals surface area contributed by atoms with Crippen molar-refractivity contribution in [3.63, 3.8) is 0 Å². The number of carbonyl (C=O) groups excluding carboxylic acids is 1. The first-order chi connectivity index (χ1) is 8.09. The van der Waals surface area contributed by atoms with E-state index in [1.165, 1.54) is 4.68 Å². The zero-order valence-electron chi connectivity index (χ0n) is 9.37. The standard InChI is InChI=1S/C11H13N5O/c1-7(12)8-3-2-5-14-11(8)16-6-4-9(15-16)10(13)17/h2-7H,12H2,1H3,(H2,13,17). The van der Waals surface area contributed by atoms with Gasteiger partial charge in [0.2, 0.25) is 0 Å². The number of amides is 1. The fourth-order valence-electron chi connectivity index (χ4n) is 1.53. The summed E-state index contributed by atoms with van der Waals surface area (Å²) < 4.78 is 1.50. The molecule has 0 aliphatic heterocycles. The van der Waals surface area contributed by atoms with E-state index in [0.29, 0.717) is 5.82 Å². The van der Waals surface area contributed by atoms with Crippen molar-refractivity contribution in [2.75, 3.05) is 0 Å². The van der Waals surface area contributed by atoms with Gasteiger partial charge in [0, 0.05) is 24.0 Å². The van der Waals surface area contributed by atoms with Crippen LogP contribution in [-0.4, -0.2) is 20.7 Å². The average molecular weight is 231 g/mol. The van der Waals surface area contributed by atoms with Gasteiger partial charge in [-0.1, -0.05) is 6.07 Å². The van der Waals surface area contributed by atoms with Crippen LogP contribution in [0, 0.1) is 0 Å². The van der Waals surface area contributed by atoms with Gasteiger partial charge >= 0.3 is 0 Å². The molecule has 0 saturated carbocycles. The number of carbonyl (C=O) groups is 1. The van der Waals surface area contributed by atoms with E-state index in [4.69, 9.17) is 11.5 Å². The van der Waals surface area contributed by atoms with E-state index in [9.17, 15) is 4.79 Å². The van der Waals surface area contributed by atoms with Crippen LogP contribution in [0.5, 0.6) is 0 Å². The van der Waals surface area contributed by atoms with Crippen molar-refractivity contribution in [2.24, 2.45) is 11.5 Å². The normalized spacial score (nSPS) is 12.4. The summed E-state index contributed by atoms with van der Waals surface area (Å²) in [5.74, 6) is 0.0389. The van der Waals surface area contributed by atoms with Crippen LogP contribution in [0.3, 0.4) is 0 Å². The highest BCUT2D eigenvalue weighted by atomic mass is 16.1. The van der Waals surface area contributed by atoms with Gasteiger partial charge in [-0.2, -0.15) is 5.10 Å². The molecule has 88 valence electrons. The summed E-state index contributed by atoms with van der Waals surface area (Å²) in [7, 11) is 0. The van der Waals surface area contributed by atoms with Gasteiger partial charge in [0.1, 0.15) is 5.69 Å². The van der Waals surface area contributed by atoms with Crippen molar-refractivity contribution in [1.29, 1.82) is 0 Å². The Kier molecular flexibility index (Phi) is 2.88. The maximum atomic E-state index is 11.0. The van der Waals surface area contributed by atoms with Gasteiger partial charge in [-0.25, -0.2) is 9.67 Å². The van der Waals surface area contributed by atoms with Crippen LogP contribution < -0.4 is 11.5 Å². The number of aromatic nitrogens is 3.